The number of hydrogen-bond donors (Lipinski definition) is 4. The van der Waals surface area contributed by atoms with Crippen molar-refractivity contribution in [1.29, 1.82) is 0 Å². The van der Waals surface area contributed by atoms with Gasteiger partial charge in [0.05, 0.1) is 18.7 Å². The molecule has 2 aromatic rings. The molecule has 196 valence electrons. The first-order chi connectivity index (χ1) is 17.1. The van der Waals surface area contributed by atoms with E-state index in [1.54, 1.807) is 6.20 Å². The maximum atomic E-state index is 10.1. The van der Waals surface area contributed by atoms with Crippen LogP contribution in [0.25, 0.3) is 10.9 Å². The molecule has 4 N–H and O–H groups in total. The van der Waals surface area contributed by atoms with Crippen molar-refractivity contribution in [2.45, 2.75) is 94.9 Å². The summed E-state index contributed by atoms with van der Waals surface area (Å²) in [5.74, 6) is 0.906. The molecule has 0 radical (unpaired) electrons. The largest absolute Gasteiger partial charge is 0.494 e. The van der Waals surface area contributed by atoms with Crippen molar-refractivity contribution in [2.75, 3.05) is 19.8 Å². The van der Waals surface area contributed by atoms with Crippen LogP contribution in [0.2, 0.25) is 0 Å². The van der Waals surface area contributed by atoms with E-state index in [1.165, 1.54) is 38.5 Å². The lowest BCUT2D eigenvalue weighted by molar-refractivity contribution is -0.294. The molecule has 5 atom stereocenters. The van der Waals surface area contributed by atoms with E-state index in [2.05, 4.69) is 4.98 Å². The molecule has 8 heteroatoms. The number of fused-ring (bicyclic) bond motifs is 1. The maximum Gasteiger partial charge on any atom is 0.184 e. The highest BCUT2D eigenvalue weighted by Crippen LogP contribution is 2.23. The fraction of sp³-hybridized carbons (Fsp3) is 0.667. The van der Waals surface area contributed by atoms with Gasteiger partial charge < -0.3 is 34.6 Å². The summed E-state index contributed by atoms with van der Waals surface area (Å²) in [4.78, 5) is 4.33. The Morgan fingerprint density at radius 1 is 0.800 bits per heavy atom. The van der Waals surface area contributed by atoms with Crippen LogP contribution in [-0.2, 0) is 9.47 Å². The normalized spacial score (nSPS) is 24.6. The smallest absolute Gasteiger partial charge is 0.184 e. The molecule has 1 aromatic heterocycles. The molecule has 1 aliphatic heterocycles. The molecule has 1 aliphatic rings. The molecule has 1 aromatic carbocycles. The third-order valence-corrected chi connectivity index (χ3v) is 6.53. The number of aromatic nitrogens is 1. The van der Waals surface area contributed by atoms with Crippen molar-refractivity contribution in [1.82, 2.24) is 4.98 Å². The van der Waals surface area contributed by atoms with Crippen molar-refractivity contribution in [2.24, 2.45) is 0 Å². The highest BCUT2D eigenvalue weighted by Gasteiger charge is 2.44. The van der Waals surface area contributed by atoms with Gasteiger partial charge in [-0.25, -0.2) is 0 Å². The first-order valence-electron chi connectivity index (χ1n) is 13.0. The van der Waals surface area contributed by atoms with Gasteiger partial charge in [0, 0.05) is 18.2 Å². The lowest BCUT2D eigenvalue weighted by Gasteiger charge is -2.39. The van der Waals surface area contributed by atoms with Crippen LogP contribution in [0.4, 0.5) is 0 Å². The summed E-state index contributed by atoms with van der Waals surface area (Å²) in [6.07, 6.45) is 7.30. The Kier molecular flexibility index (Phi) is 12.2. The molecule has 0 aliphatic carbocycles. The fourth-order valence-electron chi connectivity index (χ4n) is 4.44. The minimum Gasteiger partial charge on any atom is -0.494 e. The van der Waals surface area contributed by atoms with Crippen LogP contribution >= 0.6 is 0 Å². The molecule has 3 rings (SSSR count). The number of aliphatic hydroxyl groups is 4. The average Bonchev–Trinajstić information content (AvgIpc) is 2.88. The van der Waals surface area contributed by atoms with E-state index >= 15 is 0 Å². The van der Waals surface area contributed by atoms with Crippen LogP contribution in [0.5, 0.6) is 5.75 Å². The summed E-state index contributed by atoms with van der Waals surface area (Å²) in [6, 6.07) is 10.0. The number of rotatable bonds is 16. The van der Waals surface area contributed by atoms with E-state index in [0.29, 0.717) is 6.61 Å². The molecule has 1 fully saturated rings. The summed E-state index contributed by atoms with van der Waals surface area (Å²) in [6.45, 7) is 0.694. The predicted octanol–water partition coefficient (Wildman–Crippen LogP) is 3.33. The van der Waals surface area contributed by atoms with Gasteiger partial charge in [-0.1, -0.05) is 57.4 Å². The second-order valence-corrected chi connectivity index (χ2v) is 9.31. The van der Waals surface area contributed by atoms with Gasteiger partial charge in [0.15, 0.2) is 6.29 Å². The molecule has 8 nitrogen and oxygen atoms in total. The van der Waals surface area contributed by atoms with Gasteiger partial charge in [0.2, 0.25) is 0 Å². The number of aliphatic hydroxyl groups excluding tert-OH is 4. The Balaban J connectivity index is 1.12. The van der Waals surface area contributed by atoms with E-state index in [-0.39, 0.29) is 0 Å². The summed E-state index contributed by atoms with van der Waals surface area (Å²) < 4.78 is 16.4. The lowest BCUT2D eigenvalue weighted by atomic mass is 9.99. The minimum atomic E-state index is -1.46. The molecular formula is C27H41NO7. The topological polar surface area (TPSA) is 122 Å². The minimum absolute atomic E-state index is 0.391. The van der Waals surface area contributed by atoms with Crippen LogP contribution in [0, 0.1) is 0 Å². The number of benzene rings is 1. The van der Waals surface area contributed by atoms with Crippen LogP contribution in [0.3, 0.4) is 0 Å². The Hall–Kier alpha value is -1.81. The summed E-state index contributed by atoms with van der Waals surface area (Å²) in [7, 11) is 0. The SMILES string of the molecule is OC[C@H]1OC(O)[C@H](O)[C@@H](OCCCCCCCCCCCCOc2ccc3ncccc3c2)[C@@H]1O. The molecule has 1 saturated heterocycles. The highest BCUT2D eigenvalue weighted by molar-refractivity contribution is 5.79. The quantitative estimate of drug-likeness (QED) is 0.264. The van der Waals surface area contributed by atoms with E-state index in [0.717, 1.165) is 48.9 Å². The molecule has 0 saturated carbocycles. The third kappa shape index (κ3) is 8.97. The Morgan fingerprint density at radius 2 is 1.46 bits per heavy atom. The number of hydrogen-bond acceptors (Lipinski definition) is 8. The summed E-state index contributed by atoms with van der Waals surface area (Å²) in [5.41, 5.74) is 0.987. The van der Waals surface area contributed by atoms with Gasteiger partial charge in [-0.05, 0) is 37.1 Å². The second kappa shape index (κ2) is 15.3. The van der Waals surface area contributed by atoms with Crippen molar-refractivity contribution in [3.05, 3.63) is 36.5 Å². The van der Waals surface area contributed by atoms with Gasteiger partial charge in [-0.15, -0.1) is 0 Å². The van der Waals surface area contributed by atoms with Crippen LogP contribution in [0.15, 0.2) is 36.5 Å². The number of nitrogens with zero attached hydrogens (tertiary/aromatic N) is 1. The standard InChI is InChI=1S/C27H41NO7/c29-19-23-24(30)26(25(31)27(32)35-23)34-17-10-8-6-4-2-1-3-5-7-9-16-33-21-13-14-22-20(18-21)12-11-15-28-22/h11-15,18,23-27,29-32H,1-10,16-17,19H2/t23-,24-,25-,26+,27?/m1/s1. The van der Waals surface area contributed by atoms with Gasteiger partial charge in [0.1, 0.15) is 30.2 Å². The van der Waals surface area contributed by atoms with Crippen LogP contribution < -0.4 is 4.74 Å². The first kappa shape index (κ1) is 27.8. The van der Waals surface area contributed by atoms with Gasteiger partial charge >= 0.3 is 0 Å². The van der Waals surface area contributed by atoms with E-state index in [9.17, 15) is 20.4 Å². The fourth-order valence-corrected chi connectivity index (χ4v) is 4.44. The van der Waals surface area contributed by atoms with Crippen molar-refractivity contribution in [3.63, 3.8) is 0 Å². The predicted molar refractivity (Wildman–Crippen MR) is 133 cm³/mol. The zero-order valence-corrected chi connectivity index (χ0v) is 20.5. The lowest BCUT2D eigenvalue weighted by Crippen LogP contribution is -2.59. The second-order valence-electron chi connectivity index (χ2n) is 9.31. The van der Waals surface area contributed by atoms with Gasteiger partial charge in [-0.2, -0.15) is 0 Å². The van der Waals surface area contributed by atoms with E-state index < -0.39 is 37.3 Å². The van der Waals surface area contributed by atoms with Gasteiger partial charge in [-0.3, -0.25) is 4.98 Å². The monoisotopic (exact) mass is 491 g/mol. The third-order valence-electron chi connectivity index (χ3n) is 6.53. The van der Waals surface area contributed by atoms with Crippen molar-refractivity contribution >= 4 is 10.9 Å². The molecule has 0 amide bonds. The zero-order chi connectivity index (χ0) is 24.9. The zero-order valence-electron chi connectivity index (χ0n) is 20.5. The Labute approximate surface area is 207 Å². The van der Waals surface area contributed by atoms with Crippen LogP contribution in [-0.4, -0.2) is 75.9 Å². The summed E-state index contributed by atoms with van der Waals surface area (Å²) >= 11 is 0. The van der Waals surface area contributed by atoms with Crippen LogP contribution in [0.1, 0.15) is 64.2 Å². The average molecular weight is 492 g/mol. The Morgan fingerprint density at radius 3 is 2.14 bits per heavy atom. The first-order valence-corrected chi connectivity index (χ1v) is 13.0. The van der Waals surface area contributed by atoms with Crippen molar-refractivity contribution < 1.29 is 34.6 Å². The molecule has 35 heavy (non-hydrogen) atoms. The maximum absolute atomic E-state index is 10.1. The van der Waals surface area contributed by atoms with E-state index in [4.69, 9.17) is 14.2 Å². The number of unbranched alkanes of at least 4 members (excludes halogenated alkanes) is 9. The molecule has 1 unspecified atom stereocenters. The van der Waals surface area contributed by atoms with Crippen molar-refractivity contribution in [3.8, 4) is 5.75 Å². The number of pyridine rings is 1. The highest BCUT2D eigenvalue weighted by atomic mass is 16.6. The summed E-state index contributed by atoms with van der Waals surface area (Å²) in [5, 5.41) is 40.0. The van der Waals surface area contributed by atoms with Gasteiger partial charge in [0.25, 0.3) is 0 Å². The molecular weight excluding hydrogens is 450 g/mol. The molecule has 0 spiro atoms. The van der Waals surface area contributed by atoms with E-state index in [1.807, 2.05) is 30.3 Å². The Bertz CT molecular complexity index is 851. The molecule has 2 heterocycles. The molecule has 0 bridgehead atoms. The number of ether oxygens (including phenoxy) is 3.